The van der Waals surface area contributed by atoms with Crippen LogP contribution in [0.25, 0.3) is 11.0 Å². The molecule has 1 aromatic heterocycles. The largest absolute Gasteiger partial charge is 0.326 e. The van der Waals surface area contributed by atoms with Gasteiger partial charge in [0.05, 0.1) is 17.1 Å². The summed E-state index contributed by atoms with van der Waals surface area (Å²) in [6, 6.07) is 5.85. The van der Waals surface area contributed by atoms with Crippen LogP contribution in [0.3, 0.4) is 0 Å². The van der Waals surface area contributed by atoms with Crippen molar-refractivity contribution in [2.75, 3.05) is 19.6 Å². The Morgan fingerprint density at radius 3 is 3.11 bits per heavy atom. The number of likely N-dealkylation sites (N-methyl/N-ethyl adjacent to an activating group) is 1. The summed E-state index contributed by atoms with van der Waals surface area (Å²) >= 11 is 5.97. The third kappa shape index (κ3) is 2.30. The van der Waals surface area contributed by atoms with E-state index < -0.39 is 0 Å². The van der Waals surface area contributed by atoms with Gasteiger partial charge in [0.15, 0.2) is 0 Å². The van der Waals surface area contributed by atoms with Gasteiger partial charge in [-0.15, -0.1) is 0 Å². The number of nitrogens with zero attached hydrogens (tertiary/aromatic N) is 2. The fourth-order valence-corrected chi connectivity index (χ4v) is 3.17. The van der Waals surface area contributed by atoms with E-state index in [9.17, 15) is 4.79 Å². The fourth-order valence-electron chi connectivity index (χ4n) is 2.99. The van der Waals surface area contributed by atoms with Crippen molar-refractivity contribution in [2.24, 2.45) is 0 Å². The Morgan fingerprint density at radius 2 is 2.32 bits per heavy atom. The van der Waals surface area contributed by atoms with Crippen LogP contribution in [0.1, 0.15) is 25.8 Å². The third-order valence-electron chi connectivity index (χ3n) is 3.97. The molecule has 0 spiro atoms. The van der Waals surface area contributed by atoms with Crippen molar-refractivity contribution < 1.29 is 0 Å². The number of halogens is 1. The fraction of sp³-hybridized carbons (Fsp3) is 0.500. The van der Waals surface area contributed by atoms with Crippen LogP contribution in [-0.2, 0) is 0 Å². The highest BCUT2D eigenvalue weighted by Crippen LogP contribution is 2.25. The van der Waals surface area contributed by atoms with Crippen molar-refractivity contribution in [3.8, 4) is 0 Å². The number of likely N-dealkylation sites (tertiary alicyclic amines) is 1. The molecule has 1 N–H and O–H groups in total. The lowest BCUT2D eigenvalue weighted by molar-refractivity contribution is 0.185. The minimum atomic E-state index is -0.0276. The zero-order valence-corrected chi connectivity index (χ0v) is 11.8. The number of imidazole rings is 1. The number of fused-ring (bicyclic) bond motifs is 1. The summed E-state index contributed by atoms with van der Waals surface area (Å²) in [6.45, 7) is 5.29. The SMILES string of the molecule is CCN1CCCC(n2c(=O)[nH]c3cc(Cl)ccc32)C1. The molecule has 102 valence electrons. The molecule has 1 aliphatic heterocycles. The topological polar surface area (TPSA) is 41.0 Å². The second-order valence-electron chi connectivity index (χ2n) is 5.15. The Kier molecular flexibility index (Phi) is 3.37. The molecule has 4 nitrogen and oxygen atoms in total. The molecule has 0 amide bonds. The van der Waals surface area contributed by atoms with Gasteiger partial charge in [0.25, 0.3) is 0 Å². The molecule has 0 bridgehead atoms. The normalized spacial score (nSPS) is 21.1. The lowest BCUT2D eigenvalue weighted by Crippen LogP contribution is -2.38. The number of benzene rings is 1. The number of H-pyrrole nitrogens is 1. The van der Waals surface area contributed by atoms with Gasteiger partial charge < -0.3 is 9.88 Å². The minimum absolute atomic E-state index is 0.0276. The summed E-state index contributed by atoms with van der Waals surface area (Å²) in [5.74, 6) is 0. The first-order valence-corrected chi connectivity index (χ1v) is 7.19. The van der Waals surface area contributed by atoms with Gasteiger partial charge in [-0.1, -0.05) is 18.5 Å². The minimum Gasteiger partial charge on any atom is -0.305 e. The molecule has 2 aromatic rings. The number of hydrogen-bond acceptors (Lipinski definition) is 2. The maximum Gasteiger partial charge on any atom is 0.326 e. The van der Waals surface area contributed by atoms with Crippen LogP contribution in [-0.4, -0.2) is 34.1 Å². The van der Waals surface area contributed by atoms with E-state index in [-0.39, 0.29) is 11.7 Å². The van der Waals surface area contributed by atoms with Crippen LogP contribution >= 0.6 is 11.6 Å². The van der Waals surface area contributed by atoms with Crippen LogP contribution in [0.4, 0.5) is 0 Å². The number of aromatic nitrogens is 2. The highest BCUT2D eigenvalue weighted by Gasteiger charge is 2.23. The molecule has 5 heteroatoms. The van der Waals surface area contributed by atoms with Crippen molar-refractivity contribution in [1.29, 1.82) is 0 Å². The quantitative estimate of drug-likeness (QED) is 0.918. The second-order valence-corrected chi connectivity index (χ2v) is 5.59. The highest BCUT2D eigenvalue weighted by molar-refractivity contribution is 6.31. The summed E-state index contributed by atoms with van der Waals surface area (Å²) in [5.41, 5.74) is 1.75. The summed E-state index contributed by atoms with van der Waals surface area (Å²) in [6.07, 6.45) is 2.21. The molecule has 1 saturated heterocycles. The van der Waals surface area contributed by atoms with Crippen molar-refractivity contribution in [3.63, 3.8) is 0 Å². The van der Waals surface area contributed by atoms with Crippen LogP contribution < -0.4 is 5.69 Å². The number of hydrogen-bond donors (Lipinski definition) is 1. The van der Waals surface area contributed by atoms with E-state index in [1.807, 2.05) is 22.8 Å². The Balaban J connectivity index is 2.04. The molecule has 1 fully saturated rings. The predicted octanol–water partition coefficient (Wildman–Crippen LogP) is 2.64. The molecule has 0 saturated carbocycles. The van der Waals surface area contributed by atoms with E-state index in [2.05, 4.69) is 16.8 Å². The van der Waals surface area contributed by atoms with Crippen molar-refractivity contribution in [3.05, 3.63) is 33.7 Å². The first-order valence-electron chi connectivity index (χ1n) is 6.81. The van der Waals surface area contributed by atoms with Gasteiger partial charge in [0.1, 0.15) is 0 Å². The molecule has 1 atom stereocenters. The van der Waals surface area contributed by atoms with Gasteiger partial charge in [0, 0.05) is 11.6 Å². The summed E-state index contributed by atoms with van der Waals surface area (Å²) < 4.78 is 1.90. The van der Waals surface area contributed by atoms with Crippen molar-refractivity contribution >= 4 is 22.6 Å². The van der Waals surface area contributed by atoms with E-state index in [0.29, 0.717) is 5.02 Å². The summed E-state index contributed by atoms with van der Waals surface area (Å²) in [4.78, 5) is 17.5. The molecule has 0 radical (unpaired) electrons. The Bertz CT molecular complexity index is 646. The Hall–Kier alpha value is -1.26. The smallest absolute Gasteiger partial charge is 0.305 e. The molecule has 0 aliphatic carbocycles. The van der Waals surface area contributed by atoms with Crippen molar-refractivity contribution in [2.45, 2.75) is 25.8 Å². The number of nitrogens with one attached hydrogen (secondary N) is 1. The van der Waals surface area contributed by atoms with E-state index in [4.69, 9.17) is 11.6 Å². The van der Waals surface area contributed by atoms with Crippen LogP contribution in [0, 0.1) is 0 Å². The van der Waals surface area contributed by atoms with Gasteiger partial charge in [0.2, 0.25) is 0 Å². The van der Waals surface area contributed by atoms with E-state index in [1.165, 1.54) is 0 Å². The first-order chi connectivity index (χ1) is 9.19. The molecular weight excluding hydrogens is 262 g/mol. The second kappa shape index (κ2) is 5.02. The van der Waals surface area contributed by atoms with Crippen LogP contribution in [0.5, 0.6) is 0 Å². The molecule has 19 heavy (non-hydrogen) atoms. The predicted molar refractivity (Wildman–Crippen MR) is 78.0 cm³/mol. The van der Waals surface area contributed by atoms with Gasteiger partial charge in [-0.3, -0.25) is 4.57 Å². The standard InChI is InChI=1S/C14H18ClN3O/c1-2-17-7-3-4-11(9-17)18-13-6-5-10(15)8-12(13)16-14(18)19/h5-6,8,11H,2-4,7,9H2,1H3,(H,16,19). The number of aromatic amines is 1. The molecule has 1 unspecified atom stereocenters. The molecule has 3 rings (SSSR count). The number of rotatable bonds is 2. The number of piperidine rings is 1. The Morgan fingerprint density at radius 1 is 1.47 bits per heavy atom. The first kappa shape index (κ1) is 12.8. The molecule has 2 heterocycles. The third-order valence-corrected chi connectivity index (χ3v) is 4.21. The highest BCUT2D eigenvalue weighted by atomic mass is 35.5. The van der Waals surface area contributed by atoms with Gasteiger partial charge in [-0.25, -0.2) is 4.79 Å². The lowest BCUT2D eigenvalue weighted by atomic mass is 10.1. The zero-order chi connectivity index (χ0) is 13.4. The summed E-state index contributed by atoms with van der Waals surface area (Å²) in [5, 5.41) is 0.653. The van der Waals surface area contributed by atoms with E-state index in [1.54, 1.807) is 0 Å². The maximum absolute atomic E-state index is 12.2. The van der Waals surface area contributed by atoms with E-state index in [0.717, 1.165) is 43.5 Å². The van der Waals surface area contributed by atoms with Crippen LogP contribution in [0.15, 0.2) is 23.0 Å². The van der Waals surface area contributed by atoms with Crippen molar-refractivity contribution in [1.82, 2.24) is 14.5 Å². The molecular formula is C14H18ClN3O. The lowest BCUT2D eigenvalue weighted by Gasteiger charge is -2.32. The summed E-state index contributed by atoms with van der Waals surface area (Å²) in [7, 11) is 0. The average Bonchev–Trinajstić information content (AvgIpc) is 2.73. The average molecular weight is 280 g/mol. The van der Waals surface area contributed by atoms with E-state index >= 15 is 0 Å². The van der Waals surface area contributed by atoms with Gasteiger partial charge in [-0.05, 0) is 44.1 Å². The maximum atomic E-state index is 12.2. The monoisotopic (exact) mass is 279 g/mol. The zero-order valence-electron chi connectivity index (χ0n) is 11.0. The molecule has 1 aromatic carbocycles. The Labute approximate surface area is 117 Å². The van der Waals surface area contributed by atoms with Gasteiger partial charge >= 0.3 is 5.69 Å². The van der Waals surface area contributed by atoms with Gasteiger partial charge in [-0.2, -0.15) is 0 Å². The molecule has 1 aliphatic rings. The van der Waals surface area contributed by atoms with Crippen LogP contribution in [0.2, 0.25) is 5.02 Å².